The predicted octanol–water partition coefficient (Wildman–Crippen LogP) is 4.37. The van der Waals surface area contributed by atoms with Crippen molar-refractivity contribution in [1.82, 2.24) is 5.32 Å². The van der Waals surface area contributed by atoms with Gasteiger partial charge in [0.05, 0.1) is 18.6 Å². The minimum absolute atomic E-state index is 0.0315. The van der Waals surface area contributed by atoms with Crippen LogP contribution in [0, 0.1) is 5.92 Å². The number of aliphatic hydroxyl groups is 1. The molecule has 0 aliphatic heterocycles. The molecule has 1 aliphatic carbocycles. The summed E-state index contributed by atoms with van der Waals surface area (Å²) in [6, 6.07) is 17.8. The molecule has 0 bridgehead atoms. The summed E-state index contributed by atoms with van der Waals surface area (Å²) >= 11 is 0. The van der Waals surface area contributed by atoms with Gasteiger partial charge in [0.1, 0.15) is 0 Å². The molecule has 0 saturated heterocycles. The number of benzene rings is 2. The van der Waals surface area contributed by atoms with Gasteiger partial charge >= 0.3 is 0 Å². The highest BCUT2D eigenvalue weighted by molar-refractivity contribution is 5.84. The molecule has 1 amide bonds. The molecule has 138 valence electrons. The summed E-state index contributed by atoms with van der Waals surface area (Å²) in [7, 11) is 0. The van der Waals surface area contributed by atoms with Crippen molar-refractivity contribution in [1.29, 1.82) is 0 Å². The summed E-state index contributed by atoms with van der Waals surface area (Å²) in [5.74, 6) is 0.280. The van der Waals surface area contributed by atoms with Crippen LogP contribution < -0.4 is 5.32 Å². The van der Waals surface area contributed by atoms with Gasteiger partial charge in [-0.2, -0.15) is 0 Å². The van der Waals surface area contributed by atoms with E-state index in [4.69, 9.17) is 0 Å². The Bertz CT molecular complexity index is 690. The van der Waals surface area contributed by atoms with Gasteiger partial charge in [-0.05, 0) is 41.9 Å². The topological polar surface area (TPSA) is 49.3 Å². The lowest BCUT2D eigenvalue weighted by Gasteiger charge is -2.26. The highest BCUT2D eigenvalue weighted by Crippen LogP contribution is 2.38. The Labute approximate surface area is 156 Å². The quantitative estimate of drug-likeness (QED) is 0.778. The van der Waals surface area contributed by atoms with E-state index in [2.05, 4.69) is 36.5 Å². The van der Waals surface area contributed by atoms with Crippen molar-refractivity contribution in [3.05, 3.63) is 71.3 Å². The van der Waals surface area contributed by atoms with Gasteiger partial charge in [0.15, 0.2) is 0 Å². The third kappa shape index (κ3) is 4.34. The average molecular weight is 351 g/mol. The van der Waals surface area contributed by atoms with Crippen LogP contribution in [0.15, 0.2) is 54.6 Å². The molecule has 0 spiro atoms. The molecule has 3 nitrogen and oxygen atoms in total. The second-order valence-corrected chi connectivity index (χ2v) is 7.27. The fourth-order valence-electron chi connectivity index (χ4n) is 4.07. The zero-order valence-corrected chi connectivity index (χ0v) is 15.5. The van der Waals surface area contributed by atoms with Gasteiger partial charge < -0.3 is 10.4 Å². The van der Waals surface area contributed by atoms with E-state index in [1.54, 1.807) is 0 Å². The third-order valence-electron chi connectivity index (χ3n) is 5.60. The van der Waals surface area contributed by atoms with Crippen molar-refractivity contribution in [3.63, 3.8) is 0 Å². The van der Waals surface area contributed by atoms with Crippen LogP contribution in [0.4, 0.5) is 0 Å². The summed E-state index contributed by atoms with van der Waals surface area (Å²) < 4.78 is 0. The van der Waals surface area contributed by atoms with Crippen molar-refractivity contribution in [2.75, 3.05) is 6.61 Å². The zero-order valence-electron chi connectivity index (χ0n) is 15.5. The Morgan fingerprint density at radius 2 is 1.69 bits per heavy atom. The van der Waals surface area contributed by atoms with Crippen molar-refractivity contribution < 1.29 is 9.90 Å². The molecule has 3 rings (SSSR count). The van der Waals surface area contributed by atoms with Crippen LogP contribution in [0.3, 0.4) is 0 Å². The van der Waals surface area contributed by atoms with Gasteiger partial charge in [0.25, 0.3) is 0 Å². The van der Waals surface area contributed by atoms with Crippen LogP contribution >= 0.6 is 0 Å². The fourth-order valence-corrected chi connectivity index (χ4v) is 4.07. The molecule has 2 aromatic rings. The maximum absolute atomic E-state index is 13.2. The first kappa shape index (κ1) is 18.7. The molecule has 3 heteroatoms. The van der Waals surface area contributed by atoms with Crippen molar-refractivity contribution in [2.45, 2.75) is 51.0 Å². The van der Waals surface area contributed by atoms with Gasteiger partial charge in [-0.3, -0.25) is 4.79 Å². The van der Waals surface area contributed by atoms with E-state index in [1.165, 1.54) is 18.4 Å². The Morgan fingerprint density at radius 3 is 2.27 bits per heavy atom. The van der Waals surface area contributed by atoms with Crippen LogP contribution in [-0.4, -0.2) is 17.6 Å². The molecule has 1 saturated carbocycles. The molecule has 1 aliphatic rings. The molecule has 0 aromatic heterocycles. The van der Waals surface area contributed by atoms with Crippen molar-refractivity contribution in [2.24, 2.45) is 5.92 Å². The number of aliphatic hydroxyl groups excluding tert-OH is 1. The van der Waals surface area contributed by atoms with Crippen molar-refractivity contribution in [3.8, 4) is 0 Å². The Kier molecular flexibility index (Phi) is 6.45. The SMILES string of the molecule is CCc1ccc(C(C(=O)NC(CO)c2ccccc2)C2CCCC2)cc1. The summed E-state index contributed by atoms with van der Waals surface area (Å²) in [6.07, 6.45) is 5.60. The van der Waals surface area contributed by atoms with E-state index in [1.807, 2.05) is 30.3 Å². The summed E-state index contributed by atoms with van der Waals surface area (Å²) in [5, 5.41) is 12.9. The van der Waals surface area contributed by atoms with Crippen LogP contribution in [-0.2, 0) is 11.2 Å². The standard InChI is InChI=1S/C23H29NO2/c1-2-17-12-14-20(15-13-17)22(19-10-6-7-11-19)23(26)24-21(16-25)18-8-4-3-5-9-18/h3-5,8-9,12-15,19,21-22,25H,2,6-7,10-11,16H2,1H3,(H,24,26). The average Bonchev–Trinajstić information content (AvgIpc) is 3.21. The molecular formula is C23H29NO2. The second-order valence-electron chi connectivity index (χ2n) is 7.27. The van der Waals surface area contributed by atoms with E-state index in [-0.39, 0.29) is 24.5 Å². The largest absolute Gasteiger partial charge is 0.394 e. The highest BCUT2D eigenvalue weighted by Gasteiger charge is 2.33. The van der Waals surface area contributed by atoms with E-state index in [0.717, 1.165) is 30.4 Å². The molecule has 2 aromatic carbocycles. The number of nitrogens with one attached hydrogen (secondary N) is 1. The Balaban J connectivity index is 1.82. The fraction of sp³-hybridized carbons (Fsp3) is 0.435. The first-order valence-corrected chi connectivity index (χ1v) is 9.78. The molecule has 0 radical (unpaired) electrons. The van der Waals surface area contributed by atoms with E-state index in [9.17, 15) is 9.90 Å². The van der Waals surface area contributed by atoms with Crippen molar-refractivity contribution >= 4 is 5.91 Å². The smallest absolute Gasteiger partial charge is 0.228 e. The van der Waals surface area contributed by atoms with Gasteiger partial charge in [0, 0.05) is 0 Å². The van der Waals surface area contributed by atoms with E-state index >= 15 is 0 Å². The summed E-state index contributed by atoms with van der Waals surface area (Å²) in [4.78, 5) is 13.2. The minimum Gasteiger partial charge on any atom is -0.394 e. The summed E-state index contributed by atoms with van der Waals surface area (Å²) in [5.41, 5.74) is 3.32. The lowest BCUT2D eigenvalue weighted by molar-refractivity contribution is -0.124. The number of rotatable bonds is 7. The molecule has 2 unspecified atom stereocenters. The van der Waals surface area contributed by atoms with Gasteiger partial charge in [-0.25, -0.2) is 0 Å². The zero-order chi connectivity index (χ0) is 18.4. The molecular weight excluding hydrogens is 322 g/mol. The number of aryl methyl sites for hydroxylation is 1. The first-order valence-electron chi connectivity index (χ1n) is 9.78. The number of carbonyl (C=O) groups is 1. The van der Waals surface area contributed by atoms with Gasteiger partial charge in [-0.15, -0.1) is 0 Å². The molecule has 2 atom stereocenters. The van der Waals surface area contributed by atoms with Crippen LogP contribution in [0.5, 0.6) is 0 Å². The number of amides is 1. The number of carbonyl (C=O) groups excluding carboxylic acids is 1. The molecule has 26 heavy (non-hydrogen) atoms. The van der Waals surface area contributed by atoms with Crippen LogP contribution in [0.25, 0.3) is 0 Å². The Morgan fingerprint density at radius 1 is 1.04 bits per heavy atom. The number of hydrogen-bond donors (Lipinski definition) is 2. The van der Waals surface area contributed by atoms with Gasteiger partial charge in [-0.1, -0.05) is 74.4 Å². The molecule has 2 N–H and O–H groups in total. The molecule has 1 fully saturated rings. The van der Waals surface area contributed by atoms with E-state index in [0.29, 0.717) is 5.92 Å². The predicted molar refractivity (Wildman–Crippen MR) is 105 cm³/mol. The summed E-state index contributed by atoms with van der Waals surface area (Å²) in [6.45, 7) is 2.05. The maximum Gasteiger partial charge on any atom is 0.228 e. The highest BCUT2D eigenvalue weighted by atomic mass is 16.3. The van der Waals surface area contributed by atoms with Crippen LogP contribution in [0.1, 0.15) is 61.3 Å². The normalized spacial score (nSPS) is 17.0. The monoisotopic (exact) mass is 351 g/mol. The number of hydrogen-bond acceptors (Lipinski definition) is 2. The van der Waals surface area contributed by atoms with E-state index < -0.39 is 0 Å². The lowest BCUT2D eigenvalue weighted by atomic mass is 9.83. The first-order chi connectivity index (χ1) is 12.7. The third-order valence-corrected chi connectivity index (χ3v) is 5.60. The molecule has 0 heterocycles. The minimum atomic E-state index is -0.359. The van der Waals surface area contributed by atoms with Gasteiger partial charge in [0.2, 0.25) is 5.91 Å². The maximum atomic E-state index is 13.2. The lowest BCUT2D eigenvalue weighted by Crippen LogP contribution is -2.37. The van der Waals surface area contributed by atoms with Crippen LogP contribution in [0.2, 0.25) is 0 Å². The Hall–Kier alpha value is -2.13. The second kappa shape index (κ2) is 9.00.